The molecular formula is C10H18N2O. The first-order chi connectivity index (χ1) is 6.36. The monoisotopic (exact) mass is 182 g/mol. The Morgan fingerprint density at radius 3 is 3.08 bits per heavy atom. The minimum Gasteiger partial charge on any atom is -0.381 e. The molecule has 1 rings (SSSR count). The van der Waals surface area contributed by atoms with Gasteiger partial charge in [0.15, 0.2) is 0 Å². The molecule has 0 aliphatic carbocycles. The fourth-order valence-corrected chi connectivity index (χ4v) is 1.55. The normalized spacial score (nSPS) is 24.2. The summed E-state index contributed by atoms with van der Waals surface area (Å²) in [5.41, 5.74) is 0. The standard InChI is InChI=1S/C10H18N2O/c1-2-10(3-5-11)12-7-9-4-6-13-8-9/h9-10,12H,2-4,6-8H2,1H3. The second-order valence-corrected chi connectivity index (χ2v) is 3.61. The number of nitriles is 1. The summed E-state index contributed by atoms with van der Waals surface area (Å²) in [4.78, 5) is 0. The second kappa shape index (κ2) is 5.95. The lowest BCUT2D eigenvalue weighted by molar-refractivity contribution is 0.184. The van der Waals surface area contributed by atoms with Gasteiger partial charge in [-0.3, -0.25) is 0 Å². The maximum Gasteiger partial charge on any atom is 0.0638 e. The molecule has 1 fully saturated rings. The molecule has 0 bridgehead atoms. The molecule has 3 nitrogen and oxygen atoms in total. The predicted octanol–water partition coefficient (Wildman–Crippen LogP) is 1.30. The molecule has 0 radical (unpaired) electrons. The Labute approximate surface area is 80.1 Å². The lowest BCUT2D eigenvalue weighted by atomic mass is 10.1. The van der Waals surface area contributed by atoms with Crippen LogP contribution >= 0.6 is 0 Å². The molecule has 1 N–H and O–H groups in total. The molecule has 0 spiro atoms. The first kappa shape index (κ1) is 10.5. The highest BCUT2D eigenvalue weighted by atomic mass is 16.5. The maximum atomic E-state index is 8.55. The van der Waals surface area contributed by atoms with Crippen LogP contribution in [0.3, 0.4) is 0 Å². The van der Waals surface area contributed by atoms with Gasteiger partial charge in [0.25, 0.3) is 0 Å². The molecule has 2 atom stereocenters. The highest BCUT2D eigenvalue weighted by Gasteiger charge is 2.16. The lowest BCUT2D eigenvalue weighted by Gasteiger charge is -2.15. The van der Waals surface area contributed by atoms with Gasteiger partial charge in [-0.05, 0) is 18.8 Å². The zero-order valence-corrected chi connectivity index (χ0v) is 8.25. The van der Waals surface area contributed by atoms with Crippen molar-refractivity contribution in [1.82, 2.24) is 5.32 Å². The quantitative estimate of drug-likeness (QED) is 0.697. The van der Waals surface area contributed by atoms with E-state index in [9.17, 15) is 0 Å². The average molecular weight is 182 g/mol. The highest BCUT2D eigenvalue weighted by Crippen LogP contribution is 2.11. The van der Waals surface area contributed by atoms with E-state index in [0.29, 0.717) is 18.4 Å². The highest BCUT2D eigenvalue weighted by molar-refractivity contribution is 4.80. The third-order valence-corrected chi connectivity index (χ3v) is 2.55. The molecule has 1 aliphatic heterocycles. The van der Waals surface area contributed by atoms with Crippen LogP contribution in [0.5, 0.6) is 0 Å². The summed E-state index contributed by atoms with van der Waals surface area (Å²) in [6, 6.07) is 2.57. The van der Waals surface area contributed by atoms with Gasteiger partial charge in [-0.15, -0.1) is 0 Å². The van der Waals surface area contributed by atoms with E-state index in [-0.39, 0.29) is 0 Å². The first-order valence-electron chi connectivity index (χ1n) is 5.05. The predicted molar refractivity (Wildman–Crippen MR) is 51.2 cm³/mol. The first-order valence-corrected chi connectivity index (χ1v) is 5.05. The van der Waals surface area contributed by atoms with Crippen LogP contribution < -0.4 is 5.32 Å². The molecule has 0 aromatic carbocycles. The van der Waals surface area contributed by atoms with Crippen molar-refractivity contribution in [3.8, 4) is 6.07 Å². The van der Waals surface area contributed by atoms with Crippen LogP contribution in [0.4, 0.5) is 0 Å². The lowest BCUT2D eigenvalue weighted by Crippen LogP contribution is -2.32. The fourth-order valence-electron chi connectivity index (χ4n) is 1.55. The van der Waals surface area contributed by atoms with Crippen molar-refractivity contribution in [1.29, 1.82) is 5.26 Å². The largest absolute Gasteiger partial charge is 0.381 e. The minimum atomic E-state index is 0.366. The molecule has 0 aromatic rings. The molecule has 74 valence electrons. The fraction of sp³-hybridized carbons (Fsp3) is 0.900. The molecule has 1 heterocycles. The van der Waals surface area contributed by atoms with Crippen molar-refractivity contribution in [2.24, 2.45) is 5.92 Å². The number of hydrogen-bond acceptors (Lipinski definition) is 3. The molecule has 1 aliphatic rings. The van der Waals surface area contributed by atoms with Gasteiger partial charge in [-0.2, -0.15) is 5.26 Å². The Kier molecular flexibility index (Phi) is 4.81. The summed E-state index contributed by atoms with van der Waals surface area (Å²) >= 11 is 0. The smallest absolute Gasteiger partial charge is 0.0638 e. The summed E-state index contributed by atoms with van der Waals surface area (Å²) in [5.74, 6) is 0.660. The van der Waals surface area contributed by atoms with E-state index in [1.165, 1.54) is 0 Å². The van der Waals surface area contributed by atoms with E-state index in [2.05, 4.69) is 18.3 Å². The Morgan fingerprint density at radius 1 is 1.69 bits per heavy atom. The van der Waals surface area contributed by atoms with Crippen LogP contribution in [0.1, 0.15) is 26.2 Å². The molecule has 1 saturated heterocycles. The maximum absolute atomic E-state index is 8.55. The summed E-state index contributed by atoms with van der Waals surface area (Å²) in [6.07, 6.45) is 2.81. The summed E-state index contributed by atoms with van der Waals surface area (Å²) in [6.45, 7) is 4.90. The van der Waals surface area contributed by atoms with Crippen molar-refractivity contribution in [3.63, 3.8) is 0 Å². The third-order valence-electron chi connectivity index (χ3n) is 2.55. The summed E-state index contributed by atoms with van der Waals surface area (Å²) in [7, 11) is 0. The second-order valence-electron chi connectivity index (χ2n) is 3.61. The Hall–Kier alpha value is -0.590. The molecule has 13 heavy (non-hydrogen) atoms. The van der Waals surface area contributed by atoms with Crippen LogP contribution in [0.15, 0.2) is 0 Å². The molecule has 3 heteroatoms. The van der Waals surface area contributed by atoms with Crippen molar-refractivity contribution >= 4 is 0 Å². The van der Waals surface area contributed by atoms with Gasteiger partial charge in [-0.1, -0.05) is 6.92 Å². The van der Waals surface area contributed by atoms with Gasteiger partial charge in [-0.25, -0.2) is 0 Å². The molecule has 0 amide bonds. The number of nitrogens with zero attached hydrogens (tertiary/aromatic N) is 1. The molecule has 0 aromatic heterocycles. The van der Waals surface area contributed by atoms with Crippen molar-refractivity contribution < 1.29 is 4.74 Å². The average Bonchev–Trinajstić information content (AvgIpc) is 2.64. The topological polar surface area (TPSA) is 45.0 Å². The SMILES string of the molecule is CCC(CC#N)NCC1CCOC1. The van der Waals surface area contributed by atoms with Gasteiger partial charge in [0, 0.05) is 19.2 Å². The Balaban J connectivity index is 2.11. The number of hydrogen-bond donors (Lipinski definition) is 1. The Bertz CT molecular complexity index is 170. The van der Waals surface area contributed by atoms with Gasteiger partial charge in [0.05, 0.1) is 19.1 Å². The van der Waals surface area contributed by atoms with Crippen LogP contribution in [0.25, 0.3) is 0 Å². The van der Waals surface area contributed by atoms with Crippen molar-refractivity contribution in [3.05, 3.63) is 0 Å². The molecular weight excluding hydrogens is 164 g/mol. The van der Waals surface area contributed by atoms with Crippen LogP contribution in [-0.4, -0.2) is 25.8 Å². The van der Waals surface area contributed by atoms with Gasteiger partial charge in [0.2, 0.25) is 0 Å². The Morgan fingerprint density at radius 2 is 2.54 bits per heavy atom. The molecule has 0 saturated carbocycles. The third kappa shape index (κ3) is 3.75. The van der Waals surface area contributed by atoms with E-state index in [1.54, 1.807) is 0 Å². The van der Waals surface area contributed by atoms with Crippen molar-refractivity contribution in [2.75, 3.05) is 19.8 Å². The van der Waals surface area contributed by atoms with Crippen LogP contribution in [0.2, 0.25) is 0 Å². The van der Waals surface area contributed by atoms with E-state index in [1.807, 2.05) is 0 Å². The van der Waals surface area contributed by atoms with Crippen LogP contribution in [-0.2, 0) is 4.74 Å². The van der Waals surface area contributed by atoms with Gasteiger partial charge >= 0.3 is 0 Å². The van der Waals surface area contributed by atoms with Gasteiger partial charge < -0.3 is 10.1 Å². The summed E-state index contributed by atoms with van der Waals surface area (Å²) < 4.78 is 5.28. The van der Waals surface area contributed by atoms with E-state index < -0.39 is 0 Å². The number of nitrogens with one attached hydrogen (secondary N) is 1. The van der Waals surface area contributed by atoms with E-state index in [4.69, 9.17) is 10.00 Å². The number of rotatable bonds is 5. The molecule has 2 unspecified atom stereocenters. The van der Waals surface area contributed by atoms with E-state index >= 15 is 0 Å². The zero-order valence-electron chi connectivity index (χ0n) is 8.25. The zero-order chi connectivity index (χ0) is 9.52. The van der Waals surface area contributed by atoms with E-state index in [0.717, 1.165) is 32.6 Å². The van der Waals surface area contributed by atoms with Crippen LogP contribution in [0, 0.1) is 17.2 Å². The van der Waals surface area contributed by atoms with Crippen molar-refractivity contribution in [2.45, 2.75) is 32.2 Å². The summed E-state index contributed by atoms with van der Waals surface area (Å²) in [5, 5.41) is 12.0. The minimum absolute atomic E-state index is 0.366. The van der Waals surface area contributed by atoms with Gasteiger partial charge in [0.1, 0.15) is 0 Å². The number of ether oxygens (including phenoxy) is 1.